The summed E-state index contributed by atoms with van der Waals surface area (Å²) in [5.74, 6) is 1.80. The summed E-state index contributed by atoms with van der Waals surface area (Å²) in [6.07, 6.45) is 1.45. The summed E-state index contributed by atoms with van der Waals surface area (Å²) in [4.78, 5) is 15.8. The molecule has 1 heterocycles. The molecule has 1 N–H and O–H groups in total. The minimum Gasteiger partial charge on any atom is -0.350 e. The fourth-order valence-corrected chi connectivity index (χ4v) is 1.88. The van der Waals surface area contributed by atoms with Crippen molar-refractivity contribution in [2.45, 2.75) is 40.4 Å². The maximum Gasteiger partial charge on any atom is 0.272 e. The number of nitrogens with zero attached hydrogens (tertiary/aromatic N) is 1. The number of hydrogen-bond acceptors (Lipinski definition) is 2. The molecular weight excluding hydrogens is 283 g/mol. The maximum absolute atomic E-state index is 14.0. The summed E-state index contributed by atoms with van der Waals surface area (Å²) >= 11 is 0. The molecule has 0 spiro atoms. The molecular formula is C16H23FN2OSi. The molecule has 0 aromatic carbocycles. The molecule has 0 saturated heterocycles. The van der Waals surface area contributed by atoms with Crippen molar-refractivity contribution in [3.05, 3.63) is 29.3 Å². The maximum atomic E-state index is 14.0. The molecule has 1 aromatic rings. The van der Waals surface area contributed by atoms with Crippen LogP contribution < -0.4 is 5.32 Å². The molecule has 0 aliphatic rings. The van der Waals surface area contributed by atoms with Crippen LogP contribution in [0.15, 0.2) is 12.3 Å². The zero-order valence-electron chi connectivity index (χ0n) is 13.6. The fourth-order valence-electron chi connectivity index (χ4n) is 1.36. The van der Waals surface area contributed by atoms with Gasteiger partial charge in [0.15, 0.2) is 11.5 Å². The number of rotatable bonds is 2. The van der Waals surface area contributed by atoms with E-state index >= 15 is 0 Å². The number of halogens is 1. The van der Waals surface area contributed by atoms with E-state index in [1.54, 1.807) is 0 Å². The summed E-state index contributed by atoms with van der Waals surface area (Å²) in [6.45, 7) is 12.8. The van der Waals surface area contributed by atoms with Crippen molar-refractivity contribution in [2.75, 3.05) is 6.54 Å². The highest BCUT2D eigenvalue weighted by atomic mass is 28.3. The van der Waals surface area contributed by atoms with Crippen LogP contribution in [0.1, 0.15) is 36.8 Å². The predicted molar refractivity (Wildman–Crippen MR) is 86.2 cm³/mol. The molecule has 0 atom stereocenters. The fraction of sp³-hybridized carbons (Fsp3) is 0.500. The number of hydrogen-bond donors (Lipinski definition) is 1. The van der Waals surface area contributed by atoms with Crippen molar-refractivity contribution in [1.82, 2.24) is 10.3 Å². The van der Waals surface area contributed by atoms with E-state index < -0.39 is 19.8 Å². The smallest absolute Gasteiger partial charge is 0.272 e. The second-order valence-corrected chi connectivity index (χ2v) is 12.0. The van der Waals surface area contributed by atoms with Gasteiger partial charge in [0.25, 0.3) is 5.91 Å². The Kier molecular flexibility index (Phi) is 5.29. The van der Waals surface area contributed by atoms with Crippen molar-refractivity contribution in [3.63, 3.8) is 0 Å². The molecule has 21 heavy (non-hydrogen) atoms. The van der Waals surface area contributed by atoms with E-state index in [1.165, 1.54) is 12.3 Å². The third-order valence-corrected chi connectivity index (χ3v) is 3.29. The molecule has 0 aliphatic heterocycles. The largest absolute Gasteiger partial charge is 0.350 e. The molecule has 0 radical (unpaired) electrons. The van der Waals surface area contributed by atoms with Crippen LogP contribution >= 0.6 is 0 Å². The first-order chi connectivity index (χ1) is 9.48. The van der Waals surface area contributed by atoms with Crippen LogP contribution in [0.2, 0.25) is 19.6 Å². The lowest BCUT2D eigenvalue weighted by molar-refractivity contribution is 0.0930. The molecule has 1 rings (SSSR count). The minimum atomic E-state index is -1.52. The Morgan fingerprint density at radius 3 is 2.48 bits per heavy atom. The van der Waals surface area contributed by atoms with Gasteiger partial charge in [-0.25, -0.2) is 9.37 Å². The summed E-state index contributed by atoms with van der Waals surface area (Å²) < 4.78 is 14.0. The molecule has 114 valence electrons. The number of pyridine rings is 1. The first kappa shape index (κ1) is 17.4. The van der Waals surface area contributed by atoms with Crippen LogP contribution in [0.3, 0.4) is 0 Å². The van der Waals surface area contributed by atoms with Crippen molar-refractivity contribution in [3.8, 4) is 11.5 Å². The molecule has 1 amide bonds. The molecule has 3 nitrogen and oxygen atoms in total. The van der Waals surface area contributed by atoms with Gasteiger partial charge in [-0.15, -0.1) is 5.54 Å². The summed E-state index contributed by atoms with van der Waals surface area (Å²) in [5.41, 5.74) is 3.40. The molecule has 5 heteroatoms. The van der Waals surface area contributed by atoms with Gasteiger partial charge in [0.2, 0.25) is 0 Å². The lowest BCUT2D eigenvalue weighted by Gasteiger charge is -2.18. The van der Waals surface area contributed by atoms with Crippen molar-refractivity contribution in [2.24, 2.45) is 5.41 Å². The van der Waals surface area contributed by atoms with Gasteiger partial charge >= 0.3 is 0 Å². The van der Waals surface area contributed by atoms with Gasteiger partial charge in [-0.05, 0) is 11.5 Å². The molecule has 1 aromatic heterocycles. The monoisotopic (exact) mass is 306 g/mol. The van der Waals surface area contributed by atoms with E-state index in [2.05, 4.69) is 41.4 Å². The highest BCUT2D eigenvalue weighted by Crippen LogP contribution is 2.12. The van der Waals surface area contributed by atoms with E-state index in [1.807, 2.05) is 20.8 Å². The summed E-state index contributed by atoms with van der Waals surface area (Å²) in [7, 11) is -1.52. The van der Waals surface area contributed by atoms with E-state index in [0.29, 0.717) is 12.1 Å². The van der Waals surface area contributed by atoms with E-state index in [9.17, 15) is 9.18 Å². The Morgan fingerprint density at radius 1 is 1.38 bits per heavy atom. The van der Waals surface area contributed by atoms with E-state index in [-0.39, 0.29) is 11.1 Å². The van der Waals surface area contributed by atoms with Crippen LogP contribution in [0.25, 0.3) is 0 Å². The first-order valence-electron chi connectivity index (χ1n) is 6.95. The van der Waals surface area contributed by atoms with Crippen LogP contribution in [-0.2, 0) is 0 Å². The van der Waals surface area contributed by atoms with Crippen molar-refractivity contribution in [1.29, 1.82) is 0 Å². The van der Waals surface area contributed by atoms with Gasteiger partial charge in [-0.2, -0.15) is 0 Å². The van der Waals surface area contributed by atoms with Crippen LogP contribution in [-0.4, -0.2) is 25.5 Å². The number of aromatic nitrogens is 1. The third-order valence-electron chi connectivity index (χ3n) is 2.42. The minimum absolute atomic E-state index is 0.0606. The van der Waals surface area contributed by atoms with E-state index in [4.69, 9.17) is 0 Å². The van der Waals surface area contributed by atoms with Crippen LogP contribution in [0, 0.1) is 22.7 Å². The SMILES string of the molecule is CC(C)(C)CNC(=O)c1ncc(C#C[Si](C)(C)C)cc1F. The summed E-state index contributed by atoms with van der Waals surface area (Å²) in [5, 5.41) is 2.68. The Labute approximate surface area is 127 Å². The molecule has 0 saturated carbocycles. The van der Waals surface area contributed by atoms with Crippen molar-refractivity contribution >= 4 is 14.0 Å². The molecule has 0 unspecified atom stereocenters. The number of carbonyl (C=O) groups excluding carboxylic acids is 1. The van der Waals surface area contributed by atoms with Crippen LogP contribution in [0.5, 0.6) is 0 Å². The van der Waals surface area contributed by atoms with Gasteiger partial charge in [0.1, 0.15) is 8.07 Å². The molecule has 0 aliphatic carbocycles. The molecule has 0 fully saturated rings. The Morgan fingerprint density at radius 2 is 2.00 bits per heavy atom. The predicted octanol–water partition coefficient (Wildman–Crippen LogP) is 3.23. The van der Waals surface area contributed by atoms with E-state index in [0.717, 1.165) is 0 Å². The van der Waals surface area contributed by atoms with Gasteiger partial charge < -0.3 is 5.32 Å². The highest BCUT2D eigenvalue weighted by molar-refractivity contribution is 6.83. The Hall–Kier alpha value is -1.67. The average Bonchev–Trinajstić information content (AvgIpc) is 2.32. The highest BCUT2D eigenvalue weighted by Gasteiger charge is 2.17. The van der Waals surface area contributed by atoms with Crippen LogP contribution in [0.4, 0.5) is 4.39 Å². The van der Waals surface area contributed by atoms with Gasteiger partial charge in [0, 0.05) is 18.3 Å². The normalized spacial score (nSPS) is 11.6. The summed E-state index contributed by atoms with van der Waals surface area (Å²) in [6, 6.07) is 1.27. The Bertz CT molecular complexity index is 589. The van der Waals surface area contributed by atoms with Gasteiger partial charge in [-0.1, -0.05) is 46.3 Å². The number of nitrogens with one attached hydrogen (secondary N) is 1. The van der Waals surface area contributed by atoms with Gasteiger partial charge in [0.05, 0.1) is 0 Å². The zero-order valence-corrected chi connectivity index (χ0v) is 14.6. The second-order valence-electron chi connectivity index (χ2n) is 7.30. The van der Waals surface area contributed by atoms with Gasteiger partial charge in [-0.3, -0.25) is 4.79 Å². The standard InChI is InChI=1S/C16H23FN2OSi/c1-16(2,3)11-19-15(20)14-13(17)9-12(10-18-14)7-8-21(4,5)6/h9-10H,11H2,1-6H3,(H,19,20). The molecule has 0 bridgehead atoms. The third kappa shape index (κ3) is 6.54. The first-order valence-corrected chi connectivity index (χ1v) is 10.4. The average molecular weight is 306 g/mol. The number of amides is 1. The second kappa shape index (κ2) is 6.40. The quantitative estimate of drug-likeness (QED) is 0.673. The van der Waals surface area contributed by atoms with Crippen molar-refractivity contribution < 1.29 is 9.18 Å². The lowest BCUT2D eigenvalue weighted by atomic mass is 9.97. The zero-order chi connectivity index (χ0) is 16.3. The lowest BCUT2D eigenvalue weighted by Crippen LogP contribution is -2.33. The number of carbonyl (C=O) groups is 1. The topological polar surface area (TPSA) is 42.0 Å². The Balaban J connectivity index is 2.88.